The number of nitrogens with one attached hydrogen (secondary N) is 1. The first-order chi connectivity index (χ1) is 14.9. The summed E-state index contributed by atoms with van der Waals surface area (Å²) >= 11 is 0. The molecule has 4 rings (SSSR count). The van der Waals surface area contributed by atoms with Crippen molar-refractivity contribution in [3.05, 3.63) is 53.3 Å². The zero-order valence-corrected chi connectivity index (χ0v) is 18.5. The molecule has 31 heavy (non-hydrogen) atoms. The molecule has 7 heteroatoms. The number of aryl methyl sites for hydroxylation is 2. The van der Waals surface area contributed by atoms with Crippen LogP contribution in [0.3, 0.4) is 0 Å². The van der Waals surface area contributed by atoms with Crippen LogP contribution >= 0.6 is 0 Å². The van der Waals surface area contributed by atoms with Crippen molar-refractivity contribution in [1.82, 2.24) is 20.0 Å². The van der Waals surface area contributed by atoms with Crippen molar-refractivity contribution in [3.8, 4) is 0 Å². The number of likely N-dealkylation sites (tertiary alicyclic amines) is 1. The summed E-state index contributed by atoms with van der Waals surface area (Å²) in [7, 11) is 1.85. The summed E-state index contributed by atoms with van der Waals surface area (Å²) in [5.41, 5.74) is 2.38. The number of ether oxygens (including phenoxy) is 1. The fraction of sp³-hybridized carbons (Fsp3) is 0.542. The lowest BCUT2D eigenvalue weighted by atomic mass is 9.78. The summed E-state index contributed by atoms with van der Waals surface area (Å²) in [6.07, 6.45) is 3.96. The van der Waals surface area contributed by atoms with Gasteiger partial charge in [0.1, 0.15) is 0 Å². The molecule has 1 atom stereocenters. The second kappa shape index (κ2) is 9.22. The smallest absolute Gasteiger partial charge is 0.274 e. The Morgan fingerprint density at radius 1 is 1.23 bits per heavy atom. The third-order valence-corrected chi connectivity index (χ3v) is 6.70. The van der Waals surface area contributed by atoms with Gasteiger partial charge in [-0.2, -0.15) is 5.10 Å². The summed E-state index contributed by atoms with van der Waals surface area (Å²) < 4.78 is 7.95. The molecule has 2 saturated heterocycles. The lowest BCUT2D eigenvalue weighted by Gasteiger charge is -2.46. The van der Waals surface area contributed by atoms with Gasteiger partial charge in [-0.1, -0.05) is 30.3 Å². The van der Waals surface area contributed by atoms with E-state index in [1.165, 1.54) is 0 Å². The Bertz CT molecular complexity index is 897. The van der Waals surface area contributed by atoms with Gasteiger partial charge in [-0.25, -0.2) is 0 Å². The highest BCUT2D eigenvalue weighted by Gasteiger charge is 2.41. The van der Waals surface area contributed by atoms with Crippen LogP contribution in [-0.4, -0.2) is 51.8 Å². The first-order valence-corrected chi connectivity index (χ1v) is 11.2. The van der Waals surface area contributed by atoms with Crippen molar-refractivity contribution in [2.24, 2.45) is 13.0 Å². The van der Waals surface area contributed by atoms with Crippen LogP contribution in [0.25, 0.3) is 0 Å². The van der Waals surface area contributed by atoms with Crippen molar-refractivity contribution in [2.45, 2.75) is 51.2 Å². The summed E-state index contributed by atoms with van der Waals surface area (Å²) in [4.78, 5) is 27.1. The third kappa shape index (κ3) is 5.15. The van der Waals surface area contributed by atoms with Gasteiger partial charge in [-0.3, -0.25) is 14.3 Å². The predicted octanol–water partition coefficient (Wildman–Crippen LogP) is 2.84. The van der Waals surface area contributed by atoms with E-state index in [1.807, 2.05) is 55.3 Å². The number of piperidine rings is 1. The number of carbonyl (C=O) groups is 2. The molecule has 2 aliphatic heterocycles. The van der Waals surface area contributed by atoms with E-state index in [0.29, 0.717) is 44.3 Å². The fourth-order valence-electron chi connectivity index (χ4n) is 4.73. The maximum atomic E-state index is 12.8. The predicted molar refractivity (Wildman–Crippen MR) is 117 cm³/mol. The number of nitrogens with zero attached hydrogens (tertiary/aromatic N) is 3. The minimum Gasteiger partial charge on any atom is -0.375 e. The standard InChI is InChI=1S/C24H32N4O3/c1-18-14-21(26-27(18)2)23(30)28-11-9-24(10-12-28)16-20(8-13-31-24)15-22(29)25-17-19-6-4-3-5-7-19/h3-7,14,20H,8-13,15-17H2,1-2H3,(H,25,29). The van der Waals surface area contributed by atoms with Crippen LogP contribution in [0.5, 0.6) is 0 Å². The topological polar surface area (TPSA) is 76.5 Å². The molecule has 0 bridgehead atoms. The summed E-state index contributed by atoms with van der Waals surface area (Å²) in [6.45, 7) is 4.53. The number of hydrogen-bond donors (Lipinski definition) is 1. The van der Waals surface area contributed by atoms with Gasteiger partial charge in [0.05, 0.1) is 5.60 Å². The van der Waals surface area contributed by atoms with Gasteiger partial charge in [0.25, 0.3) is 5.91 Å². The zero-order chi connectivity index (χ0) is 21.8. The monoisotopic (exact) mass is 424 g/mol. The van der Waals surface area contributed by atoms with Crippen LogP contribution in [-0.2, 0) is 23.1 Å². The number of benzene rings is 1. The summed E-state index contributed by atoms with van der Waals surface area (Å²) in [5.74, 6) is 0.417. The first-order valence-electron chi connectivity index (χ1n) is 11.2. The number of amides is 2. The highest BCUT2D eigenvalue weighted by molar-refractivity contribution is 5.92. The minimum atomic E-state index is -0.209. The molecule has 0 saturated carbocycles. The van der Waals surface area contributed by atoms with E-state index in [1.54, 1.807) is 4.68 Å². The second-order valence-corrected chi connectivity index (χ2v) is 8.94. The molecule has 3 heterocycles. The zero-order valence-electron chi connectivity index (χ0n) is 18.5. The van der Waals surface area contributed by atoms with Crippen molar-refractivity contribution in [3.63, 3.8) is 0 Å². The molecule has 2 amide bonds. The van der Waals surface area contributed by atoms with E-state index in [-0.39, 0.29) is 17.4 Å². The molecule has 7 nitrogen and oxygen atoms in total. The van der Waals surface area contributed by atoms with Crippen molar-refractivity contribution < 1.29 is 14.3 Å². The number of rotatable bonds is 5. The van der Waals surface area contributed by atoms with Gasteiger partial charge in [-0.05, 0) is 50.2 Å². The average Bonchev–Trinajstić information content (AvgIpc) is 3.11. The van der Waals surface area contributed by atoms with Crippen LogP contribution in [0.4, 0.5) is 0 Å². The van der Waals surface area contributed by atoms with Gasteiger partial charge in [0.2, 0.25) is 5.91 Å². The molecule has 2 fully saturated rings. The molecule has 1 spiro atoms. The van der Waals surface area contributed by atoms with Crippen molar-refractivity contribution in [2.75, 3.05) is 19.7 Å². The van der Waals surface area contributed by atoms with E-state index in [9.17, 15) is 9.59 Å². The van der Waals surface area contributed by atoms with E-state index in [4.69, 9.17) is 4.74 Å². The van der Waals surface area contributed by atoms with Gasteiger partial charge in [0, 0.05) is 45.4 Å². The maximum absolute atomic E-state index is 12.8. The molecule has 1 unspecified atom stereocenters. The van der Waals surface area contributed by atoms with Crippen LogP contribution in [0, 0.1) is 12.8 Å². The van der Waals surface area contributed by atoms with Gasteiger partial charge >= 0.3 is 0 Å². The van der Waals surface area contributed by atoms with Crippen molar-refractivity contribution in [1.29, 1.82) is 0 Å². The largest absolute Gasteiger partial charge is 0.375 e. The molecule has 1 N–H and O–H groups in total. The van der Waals surface area contributed by atoms with Crippen molar-refractivity contribution >= 4 is 11.8 Å². The first kappa shape index (κ1) is 21.6. The number of aromatic nitrogens is 2. The highest BCUT2D eigenvalue weighted by Crippen LogP contribution is 2.39. The molecule has 0 aliphatic carbocycles. The van der Waals surface area contributed by atoms with Gasteiger partial charge in [-0.15, -0.1) is 0 Å². The highest BCUT2D eigenvalue weighted by atomic mass is 16.5. The van der Waals surface area contributed by atoms with Crippen LogP contribution in [0.15, 0.2) is 36.4 Å². The van der Waals surface area contributed by atoms with E-state index >= 15 is 0 Å². The lowest BCUT2D eigenvalue weighted by Crippen LogP contribution is -2.51. The Hall–Kier alpha value is -2.67. The lowest BCUT2D eigenvalue weighted by molar-refractivity contribution is -0.134. The van der Waals surface area contributed by atoms with Crippen LogP contribution in [0.1, 0.15) is 53.8 Å². The SMILES string of the molecule is Cc1cc(C(=O)N2CCC3(CC2)CC(CC(=O)NCc2ccccc2)CCO3)nn1C. The average molecular weight is 425 g/mol. The van der Waals surface area contributed by atoms with Gasteiger partial charge in [0.15, 0.2) is 5.69 Å². The Morgan fingerprint density at radius 3 is 2.65 bits per heavy atom. The number of hydrogen-bond acceptors (Lipinski definition) is 4. The molecule has 0 radical (unpaired) electrons. The summed E-state index contributed by atoms with van der Waals surface area (Å²) in [5, 5.41) is 7.37. The van der Waals surface area contributed by atoms with Gasteiger partial charge < -0.3 is 15.0 Å². The Kier molecular flexibility index (Phi) is 6.41. The Morgan fingerprint density at radius 2 is 1.97 bits per heavy atom. The second-order valence-electron chi connectivity index (χ2n) is 8.94. The maximum Gasteiger partial charge on any atom is 0.274 e. The molecule has 1 aromatic heterocycles. The Balaban J connectivity index is 1.27. The summed E-state index contributed by atoms with van der Waals surface area (Å²) in [6, 6.07) is 11.8. The fourth-order valence-corrected chi connectivity index (χ4v) is 4.73. The third-order valence-electron chi connectivity index (χ3n) is 6.70. The minimum absolute atomic E-state index is 0.00815. The molecule has 2 aromatic rings. The van der Waals surface area contributed by atoms with E-state index in [2.05, 4.69) is 10.4 Å². The van der Waals surface area contributed by atoms with E-state index < -0.39 is 0 Å². The quantitative estimate of drug-likeness (QED) is 0.801. The number of carbonyl (C=O) groups excluding carboxylic acids is 2. The molecular formula is C24H32N4O3. The normalized spacial score (nSPS) is 20.6. The molecule has 2 aliphatic rings. The van der Waals surface area contributed by atoms with E-state index in [0.717, 1.165) is 36.9 Å². The van der Waals surface area contributed by atoms with Crippen LogP contribution < -0.4 is 5.32 Å². The molecule has 1 aromatic carbocycles. The molecular weight excluding hydrogens is 392 g/mol. The Labute approximate surface area is 183 Å². The molecule has 166 valence electrons. The van der Waals surface area contributed by atoms with Crippen LogP contribution in [0.2, 0.25) is 0 Å².